The molecular formula is C16H24N2OS. The van der Waals surface area contributed by atoms with Crippen LogP contribution in [0, 0.1) is 5.41 Å². The third kappa shape index (κ3) is 2.51. The Labute approximate surface area is 125 Å². The van der Waals surface area contributed by atoms with Gasteiger partial charge in [0.1, 0.15) is 6.17 Å². The van der Waals surface area contributed by atoms with E-state index >= 15 is 0 Å². The van der Waals surface area contributed by atoms with Gasteiger partial charge in [0.15, 0.2) is 0 Å². The molecule has 1 aliphatic heterocycles. The summed E-state index contributed by atoms with van der Waals surface area (Å²) in [7, 11) is 0. The summed E-state index contributed by atoms with van der Waals surface area (Å²) >= 11 is 1.70. The van der Waals surface area contributed by atoms with Crippen molar-refractivity contribution in [3.8, 4) is 0 Å². The zero-order valence-corrected chi connectivity index (χ0v) is 13.2. The van der Waals surface area contributed by atoms with Crippen LogP contribution in [-0.2, 0) is 4.79 Å². The first-order chi connectivity index (χ1) is 9.63. The molecule has 2 unspecified atom stereocenters. The highest BCUT2D eigenvalue weighted by Gasteiger charge is 2.42. The summed E-state index contributed by atoms with van der Waals surface area (Å²) in [5.74, 6) is 0.289. The van der Waals surface area contributed by atoms with Crippen molar-refractivity contribution in [2.75, 3.05) is 6.54 Å². The molecule has 0 bridgehead atoms. The molecule has 1 saturated carbocycles. The van der Waals surface area contributed by atoms with Gasteiger partial charge in [-0.15, -0.1) is 0 Å². The van der Waals surface area contributed by atoms with Gasteiger partial charge < -0.3 is 4.90 Å². The Bertz CT molecular complexity index is 465. The first kappa shape index (κ1) is 14.1. The second-order valence-corrected chi connectivity index (χ2v) is 7.35. The topological polar surface area (TPSA) is 32.3 Å². The van der Waals surface area contributed by atoms with Crippen molar-refractivity contribution >= 4 is 17.2 Å². The van der Waals surface area contributed by atoms with Crippen LogP contribution in [0.4, 0.5) is 0 Å². The Morgan fingerprint density at radius 2 is 2.20 bits per heavy atom. The van der Waals surface area contributed by atoms with Crippen LogP contribution in [0.1, 0.15) is 57.7 Å². The van der Waals surface area contributed by atoms with Gasteiger partial charge in [-0.2, -0.15) is 11.3 Å². The summed E-state index contributed by atoms with van der Waals surface area (Å²) in [6.07, 6.45) is 6.08. The lowest BCUT2D eigenvalue weighted by Crippen LogP contribution is -2.38. The van der Waals surface area contributed by atoms with E-state index in [0.717, 1.165) is 13.0 Å². The number of thiophene rings is 1. The minimum atomic E-state index is -0.00935. The van der Waals surface area contributed by atoms with E-state index in [1.165, 1.54) is 31.2 Å². The van der Waals surface area contributed by atoms with Crippen LogP contribution in [0.25, 0.3) is 0 Å². The van der Waals surface area contributed by atoms with Crippen LogP contribution >= 0.6 is 11.3 Å². The van der Waals surface area contributed by atoms with Gasteiger partial charge in [0, 0.05) is 6.54 Å². The Hall–Kier alpha value is -0.870. The average molecular weight is 292 g/mol. The summed E-state index contributed by atoms with van der Waals surface area (Å²) in [4.78, 5) is 14.7. The molecule has 3 rings (SSSR count). The van der Waals surface area contributed by atoms with E-state index in [9.17, 15) is 4.79 Å². The molecule has 1 saturated heterocycles. The maximum Gasteiger partial charge on any atom is 0.241 e. The Balaban J connectivity index is 1.82. The van der Waals surface area contributed by atoms with Crippen molar-refractivity contribution in [1.29, 1.82) is 0 Å². The third-order valence-corrected chi connectivity index (χ3v) is 5.58. The van der Waals surface area contributed by atoms with E-state index < -0.39 is 0 Å². The second-order valence-electron chi connectivity index (χ2n) is 6.57. The van der Waals surface area contributed by atoms with Gasteiger partial charge in [-0.25, -0.2) is 0 Å². The standard InChI is InChI=1S/C16H24N2OS/c1-3-13-15(19)18(11-16(2)7-4-5-8-16)14(17-13)12-6-9-20-10-12/h6,9-10,13-14,17H,3-5,7-8,11H2,1-2H3. The molecule has 2 aliphatic rings. The van der Waals surface area contributed by atoms with E-state index in [1.54, 1.807) is 11.3 Å². The van der Waals surface area contributed by atoms with Gasteiger partial charge in [-0.1, -0.05) is 26.7 Å². The lowest BCUT2D eigenvalue weighted by atomic mass is 9.88. The quantitative estimate of drug-likeness (QED) is 0.920. The number of carbonyl (C=O) groups is 1. The molecule has 1 aromatic rings. The fourth-order valence-electron chi connectivity index (χ4n) is 3.65. The minimum absolute atomic E-state index is 0.00935. The molecule has 20 heavy (non-hydrogen) atoms. The van der Waals surface area contributed by atoms with Crippen LogP contribution in [-0.4, -0.2) is 23.4 Å². The largest absolute Gasteiger partial charge is 0.321 e. The van der Waals surface area contributed by atoms with Crippen molar-refractivity contribution in [2.24, 2.45) is 5.41 Å². The highest BCUT2D eigenvalue weighted by atomic mass is 32.1. The Morgan fingerprint density at radius 1 is 1.45 bits per heavy atom. The van der Waals surface area contributed by atoms with E-state index in [0.29, 0.717) is 5.41 Å². The molecule has 3 nitrogen and oxygen atoms in total. The second kappa shape index (κ2) is 5.49. The summed E-state index contributed by atoms with van der Waals surface area (Å²) in [5.41, 5.74) is 1.55. The average Bonchev–Trinajstić information content (AvgIpc) is 3.13. The minimum Gasteiger partial charge on any atom is -0.321 e. The fraction of sp³-hybridized carbons (Fsp3) is 0.688. The highest BCUT2D eigenvalue weighted by Crippen LogP contribution is 2.41. The summed E-state index contributed by atoms with van der Waals surface area (Å²) in [5, 5.41) is 7.77. The number of carbonyl (C=O) groups excluding carboxylic acids is 1. The Kier molecular flexibility index (Phi) is 3.87. The highest BCUT2D eigenvalue weighted by molar-refractivity contribution is 7.07. The van der Waals surface area contributed by atoms with Gasteiger partial charge in [0.2, 0.25) is 5.91 Å². The van der Waals surface area contributed by atoms with Crippen molar-refractivity contribution in [3.05, 3.63) is 22.4 Å². The zero-order valence-electron chi connectivity index (χ0n) is 12.4. The van der Waals surface area contributed by atoms with Crippen molar-refractivity contribution in [3.63, 3.8) is 0 Å². The van der Waals surface area contributed by atoms with Gasteiger partial charge in [0.25, 0.3) is 0 Å². The molecule has 1 amide bonds. The van der Waals surface area contributed by atoms with Gasteiger partial charge >= 0.3 is 0 Å². The van der Waals surface area contributed by atoms with Crippen LogP contribution in [0.2, 0.25) is 0 Å². The molecule has 0 spiro atoms. The molecule has 2 fully saturated rings. The molecule has 0 aromatic carbocycles. The van der Waals surface area contributed by atoms with Crippen LogP contribution in [0.15, 0.2) is 16.8 Å². The van der Waals surface area contributed by atoms with E-state index in [-0.39, 0.29) is 18.1 Å². The SMILES string of the molecule is CCC1NC(c2ccsc2)N(CC2(C)CCCC2)C1=O. The number of nitrogens with zero attached hydrogens (tertiary/aromatic N) is 1. The number of hydrogen-bond acceptors (Lipinski definition) is 3. The molecule has 2 atom stereocenters. The third-order valence-electron chi connectivity index (χ3n) is 4.88. The van der Waals surface area contributed by atoms with Crippen molar-refractivity contribution in [2.45, 2.75) is 58.2 Å². The molecule has 110 valence electrons. The first-order valence-electron chi connectivity index (χ1n) is 7.71. The predicted octanol–water partition coefficient (Wildman–Crippen LogP) is 3.54. The van der Waals surface area contributed by atoms with Gasteiger partial charge in [-0.3, -0.25) is 10.1 Å². The molecule has 2 heterocycles. The fourth-order valence-corrected chi connectivity index (χ4v) is 4.32. The zero-order chi connectivity index (χ0) is 14.2. The van der Waals surface area contributed by atoms with E-state index in [4.69, 9.17) is 0 Å². The lowest BCUT2D eigenvalue weighted by Gasteiger charge is -2.33. The molecule has 0 radical (unpaired) electrons. The monoisotopic (exact) mass is 292 g/mol. The smallest absolute Gasteiger partial charge is 0.241 e. The van der Waals surface area contributed by atoms with Crippen LogP contribution in [0.3, 0.4) is 0 Å². The van der Waals surface area contributed by atoms with Crippen LogP contribution < -0.4 is 5.32 Å². The number of amides is 1. The van der Waals surface area contributed by atoms with Crippen molar-refractivity contribution < 1.29 is 4.79 Å². The van der Waals surface area contributed by atoms with Gasteiger partial charge in [-0.05, 0) is 47.1 Å². The maximum absolute atomic E-state index is 12.6. The number of nitrogens with one attached hydrogen (secondary N) is 1. The summed E-state index contributed by atoms with van der Waals surface area (Å²) in [6.45, 7) is 5.33. The molecule has 1 N–H and O–H groups in total. The molecular weight excluding hydrogens is 268 g/mol. The van der Waals surface area contributed by atoms with Crippen LogP contribution in [0.5, 0.6) is 0 Å². The summed E-state index contributed by atoms with van der Waals surface area (Å²) < 4.78 is 0. The lowest BCUT2D eigenvalue weighted by molar-refractivity contribution is -0.131. The molecule has 1 aromatic heterocycles. The number of hydrogen-bond donors (Lipinski definition) is 1. The summed E-state index contributed by atoms with van der Waals surface area (Å²) in [6, 6.07) is 2.13. The molecule has 4 heteroatoms. The maximum atomic E-state index is 12.6. The molecule has 1 aliphatic carbocycles. The predicted molar refractivity (Wildman–Crippen MR) is 82.6 cm³/mol. The first-order valence-corrected chi connectivity index (χ1v) is 8.66. The van der Waals surface area contributed by atoms with E-state index in [1.807, 2.05) is 0 Å². The number of rotatable bonds is 4. The normalized spacial score (nSPS) is 29.3. The van der Waals surface area contributed by atoms with Gasteiger partial charge in [0.05, 0.1) is 6.04 Å². The van der Waals surface area contributed by atoms with Crippen molar-refractivity contribution in [1.82, 2.24) is 10.2 Å². The van der Waals surface area contributed by atoms with E-state index in [2.05, 4.69) is 40.9 Å². The Morgan fingerprint density at radius 3 is 2.80 bits per heavy atom.